The molecule has 0 spiro atoms. The van der Waals surface area contributed by atoms with Crippen LogP contribution in [0.5, 0.6) is 11.5 Å². The maximum atomic E-state index is 5.67. The van der Waals surface area contributed by atoms with Crippen molar-refractivity contribution in [1.82, 2.24) is 0 Å². The van der Waals surface area contributed by atoms with E-state index in [1.165, 1.54) is 16.7 Å². The lowest BCUT2D eigenvalue weighted by atomic mass is 9.96. The second-order valence-corrected chi connectivity index (χ2v) is 5.08. The van der Waals surface area contributed by atoms with Gasteiger partial charge >= 0.3 is 0 Å². The molecule has 0 N–H and O–H groups in total. The van der Waals surface area contributed by atoms with Crippen LogP contribution in [0.2, 0.25) is 0 Å². The zero-order chi connectivity index (χ0) is 15.9. The summed E-state index contributed by atoms with van der Waals surface area (Å²) >= 11 is 0. The summed E-state index contributed by atoms with van der Waals surface area (Å²) in [7, 11) is 0. The highest BCUT2D eigenvalue weighted by Crippen LogP contribution is 2.32. The molecule has 0 bridgehead atoms. The lowest BCUT2D eigenvalue weighted by molar-refractivity contribution is 0.360. The van der Waals surface area contributed by atoms with Gasteiger partial charge in [-0.3, -0.25) is 0 Å². The molecule has 2 aromatic carbocycles. The summed E-state index contributed by atoms with van der Waals surface area (Å²) in [5.41, 5.74) is 4.76. The zero-order valence-corrected chi connectivity index (χ0v) is 13.3. The lowest BCUT2D eigenvalue weighted by Gasteiger charge is -2.14. The Kier molecular flexibility index (Phi) is 5.42. The van der Waals surface area contributed by atoms with Crippen LogP contribution >= 0.6 is 0 Å². The monoisotopic (exact) mass is 294 g/mol. The van der Waals surface area contributed by atoms with Crippen molar-refractivity contribution in [3.8, 4) is 22.6 Å². The molecule has 2 rings (SSSR count). The van der Waals surface area contributed by atoms with Gasteiger partial charge in [0.1, 0.15) is 24.7 Å². The molecule has 0 aliphatic rings. The largest absolute Gasteiger partial charge is 0.490 e. The standard InChI is InChI=1S/C20H22O2/c1-5-13-21-18-9-7-17(8-10-18)19-11-12-20(22-14-6-2)16(4)15(19)3/h5-12H,1-2,13-14H2,3-4H3. The van der Waals surface area contributed by atoms with Crippen LogP contribution in [0.3, 0.4) is 0 Å². The summed E-state index contributed by atoms with van der Waals surface area (Å²) < 4.78 is 11.2. The van der Waals surface area contributed by atoms with E-state index in [0.29, 0.717) is 13.2 Å². The molecule has 0 aliphatic heterocycles. The summed E-state index contributed by atoms with van der Waals surface area (Å²) in [6.45, 7) is 12.6. The molecule has 0 aliphatic carbocycles. The number of hydrogen-bond donors (Lipinski definition) is 0. The lowest BCUT2D eigenvalue weighted by Crippen LogP contribution is -1.98. The summed E-state index contributed by atoms with van der Waals surface area (Å²) in [4.78, 5) is 0. The summed E-state index contributed by atoms with van der Waals surface area (Å²) in [6, 6.07) is 12.2. The van der Waals surface area contributed by atoms with E-state index in [1.54, 1.807) is 12.2 Å². The summed E-state index contributed by atoms with van der Waals surface area (Å²) in [6.07, 6.45) is 3.49. The van der Waals surface area contributed by atoms with Gasteiger partial charge in [0.2, 0.25) is 0 Å². The van der Waals surface area contributed by atoms with Gasteiger partial charge < -0.3 is 9.47 Å². The third kappa shape index (κ3) is 3.59. The normalized spacial score (nSPS) is 10.1. The molecule has 2 aromatic rings. The van der Waals surface area contributed by atoms with Crippen LogP contribution in [0.25, 0.3) is 11.1 Å². The molecule has 0 aromatic heterocycles. The van der Waals surface area contributed by atoms with Crippen LogP contribution in [0.15, 0.2) is 61.7 Å². The van der Waals surface area contributed by atoms with Gasteiger partial charge in [-0.2, -0.15) is 0 Å². The van der Waals surface area contributed by atoms with Crippen LogP contribution in [-0.4, -0.2) is 13.2 Å². The van der Waals surface area contributed by atoms with E-state index in [-0.39, 0.29) is 0 Å². The minimum atomic E-state index is 0.521. The Bertz CT molecular complexity index is 654. The van der Waals surface area contributed by atoms with Crippen LogP contribution in [0.1, 0.15) is 11.1 Å². The van der Waals surface area contributed by atoms with Gasteiger partial charge in [0.25, 0.3) is 0 Å². The van der Waals surface area contributed by atoms with Gasteiger partial charge in [-0.05, 0) is 54.3 Å². The number of hydrogen-bond acceptors (Lipinski definition) is 2. The Labute approximate surface area is 132 Å². The smallest absolute Gasteiger partial charge is 0.122 e. The predicted octanol–water partition coefficient (Wildman–Crippen LogP) is 5.10. The number of benzene rings is 2. The quantitative estimate of drug-likeness (QED) is 0.661. The molecule has 0 saturated heterocycles. The Morgan fingerprint density at radius 3 is 2.09 bits per heavy atom. The first-order chi connectivity index (χ1) is 10.7. The summed E-state index contributed by atoms with van der Waals surface area (Å²) in [5.74, 6) is 1.76. The first-order valence-electron chi connectivity index (χ1n) is 7.35. The van der Waals surface area contributed by atoms with E-state index in [1.807, 2.05) is 18.2 Å². The molecule has 2 nitrogen and oxygen atoms in total. The second-order valence-electron chi connectivity index (χ2n) is 5.08. The topological polar surface area (TPSA) is 18.5 Å². The van der Waals surface area contributed by atoms with Crippen molar-refractivity contribution in [3.05, 3.63) is 72.8 Å². The van der Waals surface area contributed by atoms with Crippen molar-refractivity contribution in [2.45, 2.75) is 13.8 Å². The van der Waals surface area contributed by atoms with Crippen molar-refractivity contribution in [2.24, 2.45) is 0 Å². The van der Waals surface area contributed by atoms with Gasteiger partial charge in [0, 0.05) is 0 Å². The van der Waals surface area contributed by atoms with Crippen LogP contribution in [0.4, 0.5) is 0 Å². The average Bonchev–Trinajstić information content (AvgIpc) is 2.55. The molecule has 0 saturated carbocycles. The van der Waals surface area contributed by atoms with Gasteiger partial charge in [0.05, 0.1) is 0 Å². The van der Waals surface area contributed by atoms with Gasteiger partial charge in [0.15, 0.2) is 0 Å². The van der Waals surface area contributed by atoms with Crippen molar-refractivity contribution >= 4 is 0 Å². The molecule has 22 heavy (non-hydrogen) atoms. The Morgan fingerprint density at radius 1 is 0.818 bits per heavy atom. The maximum absolute atomic E-state index is 5.67. The first kappa shape index (κ1) is 15.9. The molecule has 114 valence electrons. The highest BCUT2D eigenvalue weighted by Gasteiger charge is 2.09. The molecule has 0 fully saturated rings. The van der Waals surface area contributed by atoms with Crippen molar-refractivity contribution in [3.63, 3.8) is 0 Å². The van der Waals surface area contributed by atoms with Crippen molar-refractivity contribution in [2.75, 3.05) is 13.2 Å². The first-order valence-corrected chi connectivity index (χ1v) is 7.35. The van der Waals surface area contributed by atoms with Crippen LogP contribution in [0, 0.1) is 13.8 Å². The van der Waals surface area contributed by atoms with Crippen molar-refractivity contribution in [1.29, 1.82) is 0 Å². The SMILES string of the molecule is C=CCOc1ccc(-c2ccc(OCC=C)c(C)c2C)cc1. The van der Waals surface area contributed by atoms with E-state index in [0.717, 1.165) is 17.1 Å². The number of ether oxygens (including phenoxy) is 2. The maximum Gasteiger partial charge on any atom is 0.122 e. The zero-order valence-electron chi connectivity index (χ0n) is 13.3. The van der Waals surface area contributed by atoms with E-state index < -0.39 is 0 Å². The van der Waals surface area contributed by atoms with E-state index >= 15 is 0 Å². The molecule has 0 amide bonds. The predicted molar refractivity (Wildman–Crippen MR) is 92.7 cm³/mol. The van der Waals surface area contributed by atoms with Gasteiger partial charge in [-0.15, -0.1) is 0 Å². The molecular formula is C20H22O2. The van der Waals surface area contributed by atoms with E-state index in [2.05, 4.69) is 45.2 Å². The van der Waals surface area contributed by atoms with E-state index in [9.17, 15) is 0 Å². The molecule has 0 radical (unpaired) electrons. The Hall–Kier alpha value is -2.48. The van der Waals surface area contributed by atoms with Gasteiger partial charge in [-0.1, -0.05) is 43.5 Å². The van der Waals surface area contributed by atoms with Crippen molar-refractivity contribution < 1.29 is 9.47 Å². The fraction of sp³-hybridized carbons (Fsp3) is 0.200. The van der Waals surface area contributed by atoms with Gasteiger partial charge in [-0.25, -0.2) is 0 Å². The molecule has 0 heterocycles. The molecule has 0 unspecified atom stereocenters. The summed E-state index contributed by atoms with van der Waals surface area (Å²) in [5, 5.41) is 0. The molecule has 0 atom stereocenters. The van der Waals surface area contributed by atoms with Crippen LogP contribution < -0.4 is 9.47 Å². The number of rotatable bonds is 7. The minimum Gasteiger partial charge on any atom is -0.490 e. The highest BCUT2D eigenvalue weighted by atomic mass is 16.5. The minimum absolute atomic E-state index is 0.521. The third-order valence-electron chi connectivity index (χ3n) is 3.63. The fourth-order valence-electron chi connectivity index (χ4n) is 2.30. The van der Waals surface area contributed by atoms with E-state index in [4.69, 9.17) is 9.47 Å². The highest BCUT2D eigenvalue weighted by molar-refractivity contribution is 5.70. The average molecular weight is 294 g/mol. The molecule has 2 heteroatoms. The third-order valence-corrected chi connectivity index (χ3v) is 3.63. The Morgan fingerprint density at radius 2 is 1.45 bits per heavy atom. The Balaban J connectivity index is 2.26. The van der Waals surface area contributed by atoms with Crippen LogP contribution in [-0.2, 0) is 0 Å². The molecular weight excluding hydrogens is 272 g/mol. The second kappa shape index (κ2) is 7.51. The fourth-order valence-corrected chi connectivity index (χ4v) is 2.30.